The van der Waals surface area contributed by atoms with Gasteiger partial charge in [0.05, 0.1) is 0 Å². The molecular formula is C65H72O7. The number of Topliss-reactive ketones (excluding diaryl/α,β-unsaturated/α-hetero) is 3. The van der Waals surface area contributed by atoms with Crippen molar-refractivity contribution in [2.24, 2.45) is 5.92 Å². The van der Waals surface area contributed by atoms with Crippen LogP contribution in [0.3, 0.4) is 0 Å². The smallest absolute Gasteiger partial charge is 0.160 e. The molecule has 0 fully saturated rings. The van der Waals surface area contributed by atoms with E-state index in [4.69, 9.17) is 18.9 Å². The molecule has 0 amide bonds. The molecule has 72 heavy (non-hydrogen) atoms. The monoisotopic (exact) mass is 965 g/mol. The minimum absolute atomic E-state index is 0.0470. The van der Waals surface area contributed by atoms with Crippen molar-refractivity contribution < 1.29 is 33.3 Å². The zero-order valence-electron chi connectivity index (χ0n) is 45.1. The quantitative estimate of drug-likeness (QED) is 0.0946. The number of benzene rings is 7. The average molecular weight is 965 g/mol. The highest BCUT2D eigenvalue weighted by molar-refractivity contribution is 6.07. The highest BCUT2D eigenvalue weighted by Crippen LogP contribution is 2.40. The van der Waals surface area contributed by atoms with Crippen LogP contribution in [0, 0.1) is 47.5 Å². The van der Waals surface area contributed by atoms with Crippen molar-refractivity contribution in [3.8, 4) is 46.0 Å². The van der Waals surface area contributed by atoms with Gasteiger partial charge < -0.3 is 18.9 Å². The van der Waals surface area contributed by atoms with E-state index >= 15 is 0 Å². The summed E-state index contributed by atoms with van der Waals surface area (Å²) in [6, 6.07) is 40.9. The zero-order valence-corrected chi connectivity index (χ0v) is 45.1. The molecule has 0 heterocycles. The van der Waals surface area contributed by atoms with Crippen LogP contribution >= 0.6 is 0 Å². The van der Waals surface area contributed by atoms with Gasteiger partial charge >= 0.3 is 0 Å². The van der Waals surface area contributed by atoms with Crippen molar-refractivity contribution in [1.82, 2.24) is 0 Å². The summed E-state index contributed by atoms with van der Waals surface area (Å²) >= 11 is 0. The Balaban J connectivity index is 0.000000281. The average Bonchev–Trinajstić information content (AvgIpc) is 3.32. The van der Waals surface area contributed by atoms with Crippen LogP contribution in [-0.4, -0.2) is 17.3 Å². The summed E-state index contributed by atoms with van der Waals surface area (Å²) in [4.78, 5) is 35.1. The van der Waals surface area contributed by atoms with Gasteiger partial charge in [-0.1, -0.05) is 101 Å². The normalized spacial score (nSPS) is 10.7. The number of hydrogen-bond donors (Lipinski definition) is 0. The molecule has 0 saturated heterocycles. The van der Waals surface area contributed by atoms with E-state index < -0.39 is 0 Å². The third kappa shape index (κ3) is 14.3. The third-order valence-corrected chi connectivity index (χ3v) is 12.4. The second-order valence-corrected chi connectivity index (χ2v) is 19.5. The molecular weight excluding hydrogens is 893 g/mol. The van der Waals surface area contributed by atoms with Crippen LogP contribution in [0.4, 0.5) is 0 Å². The Morgan fingerprint density at radius 2 is 0.778 bits per heavy atom. The number of ketones is 3. The summed E-state index contributed by atoms with van der Waals surface area (Å²) in [5, 5.41) is 0. The standard InChI is InChI=1S/C40H42O3.C21H20O4.C4H10/c1-25(2)34-17-11-19-36(29(34)6)42-38-21-13-23-40(31(38)8)43-39-22-12-20-37(30(39)7)41-35-18-10-16-33(28(35)5)24-32-15-9-14-26(3)27(32)4;1-12(2)20-10-16(6-8-18(20)13(3)22)25-17-7-9-19(14(4)23)21(11-17)15(5)24;1-4(2)3/h9-23,25H,24H2,1-8H3;6-11H,1H2,2-5H3;4H,1-3H3. The Morgan fingerprint density at radius 3 is 1.21 bits per heavy atom. The van der Waals surface area contributed by atoms with Crippen LogP contribution in [0.15, 0.2) is 134 Å². The van der Waals surface area contributed by atoms with Crippen LogP contribution < -0.4 is 18.9 Å². The highest BCUT2D eigenvalue weighted by Gasteiger charge is 2.18. The SMILES string of the molecule is C=C(C)c1cc(Oc2ccc(C(C)=O)c(C(C)=O)c2)ccc1C(C)=O.CC(C)C.Cc1cccc(Cc2cccc(Oc3cccc(Oc4cccc(Oc5cccc(C(C)C)c5C)c4C)c3C)c2C)c1C. The minimum Gasteiger partial charge on any atom is -0.457 e. The van der Waals surface area contributed by atoms with Gasteiger partial charge in [-0.3, -0.25) is 14.4 Å². The van der Waals surface area contributed by atoms with E-state index in [0.29, 0.717) is 34.1 Å². The molecule has 7 aromatic rings. The molecule has 0 aliphatic heterocycles. The van der Waals surface area contributed by atoms with E-state index in [2.05, 4.69) is 111 Å². The molecule has 0 bridgehead atoms. The summed E-state index contributed by atoms with van der Waals surface area (Å²) in [5.74, 6) is 6.58. The number of carbonyl (C=O) groups excluding carboxylic acids is 3. The van der Waals surface area contributed by atoms with Crippen molar-refractivity contribution >= 4 is 22.9 Å². The zero-order chi connectivity index (χ0) is 53.0. The summed E-state index contributed by atoms with van der Waals surface area (Å²) < 4.78 is 25.2. The molecule has 7 aromatic carbocycles. The first-order valence-electron chi connectivity index (χ1n) is 24.7. The van der Waals surface area contributed by atoms with Crippen molar-refractivity contribution in [3.63, 3.8) is 0 Å². The maximum Gasteiger partial charge on any atom is 0.160 e. The van der Waals surface area contributed by atoms with E-state index in [1.54, 1.807) is 36.4 Å². The first-order chi connectivity index (χ1) is 34.1. The molecule has 7 heteroatoms. The van der Waals surface area contributed by atoms with E-state index in [1.807, 2.05) is 69.3 Å². The summed E-state index contributed by atoms with van der Waals surface area (Å²) in [6.45, 7) is 33.7. The molecule has 0 radical (unpaired) electrons. The molecule has 0 atom stereocenters. The van der Waals surface area contributed by atoms with Gasteiger partial charge in [-0.25, -0.2) is 0 Å². The first-order valence-corrected chi connectivity index (χ1v) is 24.7. The van der Waals surface area contributed by atoms with Gasteiger partial charge in [0.25, 0.3) is 0 Å². The first kappa shape index (κ1) is 55.4. The molecule has 0 spiro atoms. The van der Waals surface area contributed by atoms with Crippen LogP contribution in [0.5, 0.6) is 46.0 Å². The van der Waals surface area contributed by atoms with Crippen molar-refractivity contribution in [1.29, 1.82) is 0 Å². The van der Waals surface area contributed by atoms with Gasteiger partial charge in [0, 0.05) is 27.8 Å². The van der Waals surface area contributed by atoms with Crippen LogP contribution in [-0.2, 0) is 6.42 Å². The van der Waals surface area contributed by atoms with E-state index in [1.165, 1.54) is 48.6 Å². The Morgan fingerprint density at radius 1 is 0.417 bits per heavy atom. The van der Waals surface area contributed by atoms with Gasteiger partial charge in [0.15, 0.2) is 17.3 Å². The number of hydrogen-bond acceptors (Lipinski definition) is 7. The molecule has 0 unspecified atom stereocenters. The second-order valence-electron chi connectivity index (χ2n) is 19.5. The lowest BCUT2D eigenvalue weighted by atomic mass is 9.95. The second kappa shape index (κ2) is 25.0. The Labute approximate surface area is 428 Å². The van der Waals surface area contributed by atoms with Crippen LogP contribution in [0.2, 0.25) is 0 Å². The number of rotatable bonds is 15. The Kier molecular flexibility index (Phi) is 19.3. The molecule has 7 rings (SSSR count). The minimum atomic E-state index is -0.204. The number of carbonyl (C=O) groups is 3. The highest BCUT2D eigenvalue weighted by atomic mass is 16.5. The molecule has 0 aliphatic rings. The summed E-state index contributed by atoms with van der Waals surface area (Å²) in [6.07, 6.45) is 0.873. The number of aryl methyl sites for hydroxylation is 1. The van der Waals surface area contributed by atoms with Gasteiger partial charge in [-0.05, 0) is 205 Å². The van der Waals surface area contributed by atoms with E-state index in [0.717, 1.165) is 80.2 Å². The summed E-state index contributed by atoms with van der Waals surface area (Å²) in [7, 11) is 0. The van der Waals surface area contributed by atoms with Gasteiger partial charge in [0.2, 0.25) is 0 Å². The number of allylic oxidation sites excluding steroid dienone is 1. The third-order valence-electron chi connectivity index (χ3n) is 12.4. The van der Waals surface area contributed by atoms with E-state index in [9.17, 15) is 14.4 Å². The maximum absolute atomic E-state index is 11.8. The van der Waals surface area contributed by atoms with Gasteiger partial charge in [-0.15, -0.1) is 0 Å². The van der Waals surface area contributed by atoms with Crippen molar-refractivity contribution in [2.45, 2.75) is 116 Å². The molecule has 0 aliphatic carbocycles. The lowest BCUT2D eigenvalue weighted by Gasteiger charge is -2.19. The van der Waals surface area contributed by atoms with Crippen LogP contribution in [0.1, 0.15) is 155 Å². The lowest BCUT2D eigenvalue weighted by Crippen LogP contribution is -2.04. The lowest BCUT2D eigenvalue weighted by molar-refractivity contribution is 0.0980. The fraction of sp³-hybridized carbons (Fsp3) is 0.277. The molecule has 0 saturated carbocycles. The van der Waals surface area contributed by atoms with Crippen LogP contribution in [0.25, 0.3) is 5.57 Å². The molecule has 0 N–H and O–H groups in total. The largest absolute Gasteiger partial charge is 0.457 e. The van der Waals surface area contributed by atoms with Crippen molar-refractivity contribution in [2.75, 3.05) is 0 Å². The fourth-order valence-electron chi connectivity index (χ4n) is 8.09. The topological polar surface area (TPSA) is 88.1 Å². The maximum atomic E-state index is 11.8. The molecule has 0 aromatic heterocycles. The number of ether oxygens (including phenoxy) is 4. The van der Waals surface area contributed by atoms with E-state index in [-0.39, 0.29) is 17.3 Å². The van der Waals surface area contributed by atoms with Crippen molar-refractivity contribution in [3.05, 3.63) is 206 Å². The predicted molar refractivity (Wildman–Crippen MR) is 296 cm³/mol. The molecule has 374 valence electrons. The molecule has 7 nitrogen and oxygen atoms in total. The Hall–Kier alpha value is -7.51. The van der Waals surface area contributed by atoms with Gasteiger partial charge in [0.1, 0.15) is 46.0 Å². The fourth-order valence-corrected chi connectivity index (χ4v) is 8.09. The summed E-state index contributed by atoms with van der Waals surface area (Å²) in [5.41, 5.74) is 13.5. The Bertz CT molecular complexity index is 3020. The predicted octanol–water partition coefficient (Wildman–Crippen LogP) is 18.4. The van der Waals surface area contributed by atoms with Gasteiger partial charge in [-0.2, -0.15) is 0 Å².